The van der Waals surface area contributed by atoms with Gasteiger partial charge < -0.3 is 14.8 Å². The highest BCUT2D eigenvalue weighted by Gasteiger charge is 2.10. The highest BCUT2D eigenvalue weighted by molar-refractivity contribution is 5.51. The quantitative estimate of drug-likeness (QED) is 0.783. The normalized spacial score (nSPS) is 10.8. The van der Waals surface area contributed by atoms with E-state index in [0.717, 1.165) is 37.6 Å². The third-order valence-electron chi connectivity index (χ3n) is 3.34. The molecule has 0 aliphatic carbocycles. The first-order chi connectivity index (χ1) is 9.72. The molecule has 0 unspecified atom stereocenters. The van der Waals surface area contributed by atoms with Gasteiger partial charge in [-0.15, -0.1) is 0 Å². The Bertz CT molecular complexity index is 535. The van der Waals surface area contributed by atoms with Gasteiger partial charge in [-0.2, -0.15) is 0 Å². The van der Waals surface area contributed by atoms with Gasteiger partial charge in [-0.1, -0.05) is 6.92 Å². The second-order valence-corrected chi connectivity index (χ2v) is 4.99. The Balaban J connectivity index is 2.08. The minimum absolute atomic E-state index is 0.774. The predicted molar refractivity (Wildman–Crippen MR) is 81.5 cm³/mol. The van der Waals surface area contributed by atoms with Crippen LogP contribution in [0.25, 0.3) is 0 Å². The first-order valence-corrected chi connectivity index (χ1v) is 7.03. The zero-order valence-corrected chi connectivity index (χ0v) is 12.5. The average molecular weight is 273 g/mol. The molecule has 0 fully saturated rings. The molecule has 5 heteroatoms. The van der Waals surface area contributed by atoms with Crippen LogP contribution in [-0.4, -0.2) is 28.1 Å². The number of nitrogens with zero attached hydrogens (tertiary/aromatic N) is 4. The van der Waals surface area contributed by atoms with Crippen molar-refractivity contribution in [3.63, 3.8) is 0 Å². The first-order valence-electron chi connectivity index (χ1n) is 7.03. The van der Waals surface area contributed by atoms with Crippen molar-refractivity contribution in [3.05, 3.63) is 42.2 Å². The van der Waals surface area contributed by atoms with E-state index in [1.807, 2.05) is 36.4 Å². The SMILES string of the molecule is CCCNCc1ccncc1N(C)Cc1nccn1C. The molecule has 2 aromatic rings. The van der Waals surface area contributed by atoms with Crippen LogP contribution in [0.3, 0.4) is 0 Å². The summed E-state index contributed by atoms with van der Waals surface area (Å²) in [5, 5.41) is 3.44. The van der Waals surface area contributed by atoms with Gasteiger partial charge in [0.15, 0.2) is 0 Å². The smallest absolute Gasteiger partial charge is 0.127 e. The number of hydrogen-bond donors (Lipinski definition) is 1. The van der Waals surface area contributed by atoms with Crippen LogP contribution >= 0.6 is 0 Å². The lowest BCUT2D eigenvalue weighted by Crippen LogP contribution is -2.22. The van der Waals surface area contributed by atoms with E-state index in [4.69, 9.17) is 0 Å². The number of pyridine rings is 1. The van der Waals surface area contributed by atoms with Crippen LogP contribution < -0.4 is 10.2 Å². The van der Waals surface area contributed by atoms with Gasteiger partial charge in [-0.05, 0) is 24.6 Å². The Morgan fingerprint density at radius 1 is 1.35 bits per heavy atom. The van der Waals surface area contributed by atoms with Gasteiger partial charge in [0.25, 0.3) is 0 Å². The molecule has 0 aromatic carbocycles. The number of anilines is 1. The molecule has 20 heavy (non-hydrogen) atoms. The minimum atomic E-state index is 0.774. The third kappa shape index (κ3) is 3.57. The molecule has 0 bridgehead atoms. The zero-order valence-electron chi connectivity index (χ0n) is 12.5. The monoisotopic (exact) mass is 273 g/mol. The van der Waals surface area contributed by atoms with Crippen LogP contribution in [0, 0.1) is 0 Å². The van der Waals surface area contributed by atoms with E-state index in [-0.39, 0.29) is 0 Å². The second-order valence-electron chi connectivity index (χ2n) is 4.99. The van der Waals surface area contributed by atoms with Gasteiger partial charge in [-0.3, -0.25) is 4.98 Å². The van der Waals surface area contributed by atoms with Gasteiger partial charge in [-0.25, -0.2) is 4.98 Å². The fourth-order valence-corrected chi connectivity index (χ4v) is 2.15. The third-order valence-corrected chi connectivity index (χ3v) is 3.34. The molecule has 0 atom stereocenters. The maximum atomic E-state index is 4.37. The van der Waals surface area contributed by atoms with Crippen molar-refractivity contribution < 1.29 is 0 Å². The van der Waals surface area contributed by atoms with Crippen LogP contribution in [-0.2, 0) is 20.1 Å². The van der Waals surface area contributed by atoms with Gasteiger partial charge in [0, 0.05) is 39.2 Å². The zero-order chi connectivity index (χ0) is 14.4. The average Bonchev–Trinajstić information content (AvgIpc) is 2.85. The van der Waals surface area contributed by atoms with Crippen molar-refractivity contribution in [3.8, 4) is 0 Å². The fourth-order valence-electron chi connectivity index (χ4n) is 2.15. The van der Waals surface area contributed by atoms with Crippen LogP contribution in [0.1, 0.15) is 24.7 Å². The Morgan fingerprint density at radius 2 is 2.20 bits per heavy atom. The van der Waals surface area contributed by atoms with E-state index in [9.17, 15) is 0 Å². The molecular weight excluding hydrogens is 250 g/mol. The summed E-state index contributed by atoms with van der Waals surface area (Å²) in [6, 6.07) is 2.08. The molecule has 5 nitrogen and oxygen atoms in total. The lowest BCUT2D eigenvalue weighted by atomic mass is 10.2. The van der Waals surface area contributed by atoms with Crippen molar-refractivity contribution in [1.29, 1.82) is 0 Å². The number of imidazole rings is 1. The topological polar surface area (TPSA) is 46.0 Å². The largest absolute Gasteiger partial charge is 0.366 e. The number of hydrogen-bond acceptors (Lipinski definition) is 4. The predicted octanol–water partition coefficient (Wildman–Crippen LogP) is 1.95. The van der Waals surface area contributed by atoms with Crippen molar-refractivity contribution in [2.75, 3.05) is 18.5 Å². The molecule has 2 heterocycles. The highest BCUT2D eigenvalue weighted by atomic mass is 15.2. The highest BCUT2D eigenvalue weighted by Crippen LogP contribution is 2.19. The van der Waals surface area contributed by atoms with Crippen LogP contribution in [0.5, 0.6) is 0 Å². The Kier molecular flexibility index (Phi) is 5.12. The summed E-state index contributed by atoms with van der Waals surface area (Å²) in [5.41, 5.74) is 2.42. The molecule has 0 radical (unpaired) electrons. The van der Waals surface area contributed by atoms with E-state index in [1.54, 1.807) is 0 Å². The van der Waals surface area contributed by atoms with E-state index in [0.29, 0.717) is 0 Å². The van der Waals surface area contributed by atoms with Crippen molar-refractivity contribution >= 4 is 5.69 Å². The van der Waals surface area contributed by atoms with Crippen LogP contribution in [0.2, 0.25) is 0 Å². The van der Waals surface area contributed by atoms with E-state index in [2.05, 4.69) is 40.2 Å². The van der Waals surface area contributed by atoms with Crippen LogP contribution in [0.15, 0.2) is 30.9 Å². The summed E-state index contributed by atoms with van der Waals surface area (Å²) in [5.74, 6) is 1.05. The van der Waals surface area contributed by atoms with E-state index < -0.39 is 0 Å². The summed E-state index contributed by atoms with van der Waals surface area (Å²) >= 11 is 0. The number of aryl methyl sites for hydroxylation is 1. The maximum Gasteiger partial charge on any atom is 0.127 e. The fraction of sp³-hybridized carbons (Fsp3) is 0.467. The summed E-state index contributed by atoms with van der Waals surface area (Å²) < 4.78 is 2.04. The standard InChI is InChI=1S/C15H23N5/c1-4-6-16-10-13-5-7-17-11-14(13)20(3)12-15-18-8-9-19(15)2/h5,7-9,11,16H,4,6,10,12H2,1-3H3. The molecule has 0 saturated heterocycles. The Labute approximate surface area is 120 Å². The second kappa shape index (κ2) is 7.05. The van der Waals surface area contributed by atoms with Gasteiger partial charge >= 0.3 is 0 Å². The van der Waals surface area contributed by atoms with Gasteiger partial charge in [0.1, 0.15) is 5.82 Å². The summed E-state index contributed by atoms with van der Waals surface area (Å²) in [4.78, 5) is 10.8. The molecule has 0 aliphatic heterocycles. The summed E-state index contributed by atoms with van der Waals surface area (Å²) in [6.07, 6.45) is 8.71. The molecule has 0 saturated carbocycles. The van der Waals surface area contributed by atoms with Gasteiger partial charge in [0.05, 0.1) is 18.4 Å². The summed E-state index contributed by atoms with van der Waals surface area (Å²) in [6.45, 7) is 4.85. The summed E-state index contributed by atoms with van der Waals surface area (Å²) in [7, 11) is 4.10. The maximum absolute atomic E-state index is 4.37. The van der Waals surface area contributed by atoms with Crippen molar-refractivity contribution in [1.82, 2.24) is 19.9 Å². The van der Waals surface area contributed by atoms with E-state index >= 15 is 0 Å². The van der Waals surface area contributed by atoms with Gasteiger partial charge in [0.2, 0.25) is 0 Å². The molecule has 0 spiro atoms. The Hall–Kier alpha value is -1.88. The molecular formula is C15H23N5. The molecule has 108 valence electrons. The number of nitrogens with one attached hydrogen (secondary N) is 1. The minimum Gasteiger partial charge on any atom is -0.366 e. The first kappa shape index (κ1) is 14.5. The molecule has 1 N–H and O–H groups in total. The number of rotatable bonds is 7. The molecule has 2 rings (SSSR count). The molecule has 0 amide bonds. The molecule has 0 aliphatic rings. The Morgan fingerprint density at radius 3 is 2.90 bits per heavy atom. The van der Waals surface area contributed by atoms with Crippen molar-refractivity contribution in [2.24, 2.45) is 7.05 Å². The van der Waals surface area contributed by atoms with Crippen molar-refractivity contribution in [2.45, 2.75) is 26.4 Å². The lowest BCUT2D eigenvalue weighted by Gasteiger charge is -2.22. The molecule has 2 aromatic heterocycles. The van der Waals surface area contributed by atoms with Crippen LogP contribution in [0.4, 0.5) is 5.69 Å². The number of aromatic nitrogens is 3. The van der Waals surface area contributed by atoms with E-state index in [1.165, 1.54) is 5.56 Å². The lowest BCUT2D eigenvalue weighted by molar-refractivity contribution is 0.671.